The summed E-state index contributed by atoms with van der Waals surface area (Å²) in [4.78, 5) is 12.9. The molecule has 0 N–H and O–H groups in total. The smallest absolute Gasteiger partial charge is 0.245 e. The Morgan fingerprint density at radius 3 is 2.77 bits per heavy atom. The van der Waals surface area contributed by atoms with Crippen LogP contribution in [0.4, 0.5) is 0 Å². The van der Waals surface area contributed by atoms with Crippen LogP contribution in [0.25, 0.3) is 0 Å². The molecule has 0 spiro atoms. The van der Waals surface area contributed by atoms with E-state index in [-0.39, 0.29) is 4.90 Å². The highest BCUT2D eigenvalue weighted by Gasteiger charge is 2.47. The molecule has 0 aromatic carbocycles. The third-order valence-corrected chi connectivity index (χ3v) is 6.08. The summed E-state index contributed by atoms with van der Waals surface area (Å²) in [5.41, 5.74) is 0.109. The highest BCUT2D eigenvalue weighted by atomic mass is 32.2. The number of hydrogen-bond donors (Lipinski definition) is 0. The Hall–Kier alpha value is -1.86. The minimum atomic E-state index is -3.62. The Kier molecular flexibility index (Phi) is 3.70. The third-order valence-electron chi connectivity index (χ3n) is 4.07. The molecule has 116 valence electrons. The lowest BCUT2D eigenvalue weighted by Crippen LogP contribution is -2.44. The molecule has 0 bridgehead atoms. The zero-order valence-corrected chi connectivity index (χ0v) is 13.4. The van der Waals surface area contributed by atoms with Crippen molar-refractivity contribution in [2.24, 2.45) is 0 Å². The van der Waals surface area contributed by atoms with Crippen LogP contribution < -0.4 is 0 Å². The lowest BCUT2D eigenvalue weighted by Gasteiger charge is -2.32. The van der Waals surface area contributed by atoms with Crippen LogP contribution >= 0.6 is 0 Å². The minimum absolute atomic E-state index is 0.204. The summed E-state index contributed by atoms with van der Waals surface area (Å²) >= 11 is 0. The van der Waals surface area contributed by atoms with Crippen molar-refractivity contribution in [1.29, 1.82) is 0 Å². The average molecular weight is 318 g/mol. The fourth-order valence-corrected chi connectivity index (χ4v) is 4.65. The molecule has 1 atom stereocenters. The lowest BCUT2D eigenvalue weighted by atomic mass is 9.99. The van der Waals surface area contributed by atoms with Crippen LogP contribution in [0.2, 0.25) is 0 Å². The molecule has 6 nitrogen and oxygen atoms in total. The average Bonchev–Trinajstić information content (AvgIpc) is 2.92. The Morgan fingerprint density at radius 2 is 2.09 bits per heavy atom. The van der Waals surface area contributed by atoms with Gasteiger partial charge in [0.25, 0.3) is 0 Å². The predicted molar refractivity (Wildman–Crippen MR) is 81.5 cm³/mol. The first-order valence-electron chi connectivity index (χ1n) is 7.17. The monoisotopic (exact) mass is 318 g/mol. The quantitative estimate of drug-likeness (QED) is 0.863. The van der Waals surface area contributed by atoms with Gasteiger partial charge in [0.05, 0.1) is 5.54 Å². The molecular weight excluding hydrogens is 300 g/mol. The van der Waals surface area contributed by atoms with Crippen molar-refractivity contribution >= 4 is 10.0 Å². The zero-order valence-electron chi connectivity index (χ0n) is 12.6. The highest BCUT2D eigenvalue weighted by Crippen LogP contribution is 2.40. The van der Waals surface area contributed by atoms with Crippen LogP contribution in [-0.4, -0.2) is 34.2 Å². The normalized spacial score (nSPS) is 22.8. The van der Waals surface area contributed by atoms with E-state index in [9.17, 15) is 8.42 Å². The first-order valence-corrected chi connectivity index (χ1v) is 8.61. The van der Waals surface area contributed by atoms with Crippen LogP contribution in [0.3, 0.4) is 0 Å². The molecule has 0 radical (unpaired) electrons. The SMILES string of the molecule is Cc1ccnc(C2(C)CCCN2S(=O)(=O)c2cccnc2)n1. The molecule has 2 aromatic rings. The van der Waals surface area contributed by atoms with Gasteiger partial charge in [-0.2, -0.15) is 4.31 Å². The summed E-state index contributed by atoms with van der Waals surface area (Å²) in [6, 6.07) is 5.00. The van der Waals surface area contributed by atoms with Crippen molar-refractivity contribution in [3.8, 4) is 0 Å². The van der Waals surface area contributed by atoms with Gasteiger partial charge in [0, 0.05) is 30.8 Å². The molecule has 1 aliphatic rings. The molecule has 0 amide bonds. The number of rotatable bonds is 3. The number of hydrogen-bond acceptors (Lipinski definition) is 5. The molecule has 3 heterocycles. The molecule has 1 unspecified atom stereocenters. The summed E-state index contributed by atoms with van der Waals surface area (Å²) in [5, 5.41) is 0. The van der Waals surface area contributed by atoms with E-state index in [4.69, 9.17) is 0 Å². The maximum atomic E-state index is 12.9. The van der Waals surface area contributed by atoms with Gasteiger partial charge >= 0.3 is 0 Å². The van der Waals surface area contributed by atoms with Crippen LogP contribution in [0.5, 0.6) is 0 Å². The molecule has 2 aromatic heterocycles. The van der Waals surface area contributed by atoms with Gasteiger partial charge in [0.1, 0.15) is 10.7 Å². The Bertz CT molecular complexity index is 779. The van der Waals surface area contributed by atoms with Crippen LogP contribution in [0.15, 0.2) is 41.7 Å². The second-order valence-electron chi connectivity index (χ2n) is 5.66. The molecule has 22 heavy (non-hydrogen) atoms. The first-order chi connectivity index (χ1) is 10.4. The van der Waals surface area contributed by atoms with Crippen LogP contribution in [0, 0.1) is 6.92 Å². The van der Waals surface area contributed by atoms with Gasteiger partial charge in [-0.25, -0.2) is 18.4 Å². The van der Waals surface area contributed by atoms with Crippen LogP contribution in [0.1, 0.15) is 31.3 Å². The fraction of sp³-hybridized carbons (Fsp3) is 0.400. The molecule has 3 rings (SSSR count). The van der Waals surface area contributed by atoms with E-state index in [1.165, 1.54) is 10.5 Å². The zero-order chi connectivity index (χ0) is 15.8. The molecule has 7 heteroatoms. The van der Waals surface area contributed by atoms with Crippen LogP contribution in [-0.2, 0) is 15.6 Å². The van der Waals surface area contributed by atoms with Crippen molar-refractivity contribution < 1.29 is 8.42 Å². The minimum Gasteiger partial charge on any atom is -0.263 e. The fourth-order valence-electron chi connectivity index (χ4n) is 2.88. The highest BCUT2D eigenvalue weighted by molar-refractivity contribution is 7.89. The number of aryl methyl sites for hydroxylation is 1. The Labute approximate surface area is 130 Å². The van der Waals surface area contributed by atoms with E-state index >= 15 is 0 Å². The number of pyridine rings is 1. The third kappa shape index (κ3) is 2.40. The van der Waals surface area contributed by atoms with E-state index in [1.54, 1.807) is 24.5 Å². The first kappa shape index (κ1) is 15.1. The standard InChI is InChI=1S/C15H18N4O2S/c1-12-6-9-17-14(18-12)15(2)7-4-10-19(15)22(20,21)13-5-3-8-16-11-13/h3,5-6,8-9,11H,4,7,10H2,1-2H3. The van der Waals surface area contributed by atoms with E-state index < -0.39 is 15.6 Å². The predicted octanol–water partition coefficient (Wildman–Crippen LogP) is 1.88. The van der Waals surface area contributed by atoms with E-state index in [0.717, 1.165) is 12.1 Å². The maximum Gasteiger partial charge on any atom is 0.245 e. The van der Waals surface area contributed by atoms with Crippen molar-refractivity contribution in [1.82, 2.24) is 19.3 Å². The van der Waals surface area contributed by atoms with Gasteiger partial charge in [-0.15, -0.1) is 0 Å². The summed E-state index contributed by atoms with van der Waals surface area (Å²) in [6.07, 6.45) is 6.11. The largest absolute Gasteiger partial charge is 0.263 e. The van der Waals surface area contributed by atoms with Gasteiger partial charge in [0.15, 0.2) is 0 Å². The van der Waals surface area contributed by atoms with E-state index in [0.29, 0.717) is 18.8 Å². The topological polar surface area (TPSA) is 76.1 Å². The molecule has 0 aliphatic carbocycles. The Morgan fingerprint density at radius 1 is 1.27 bits per heavy atom. The summed E-state index contributed by atoms with van der Waals surface area (Å²) in [6.45, 7) is 4.23. The van der Waals surface area contributed by atoms with Gasteiger partial charge in [-0.05, 0) is 44.9 Å². The van der Waals surface area contributed by atoms with Crippen molar-refractivity contribution in [3.63, 3.8) is 0 Å². The molecule has 1 saturated heterocycles. The molecule has 1 fully saturated rings. The Balaban J connectivity index is 2.07. The summed E-state index contributed by atoms with van der Waals surface area (Å²) in [7, 11) is -3.62. The van der Waals surface area contributed by atoms with E-state index in [2.05, 4.69) is 15.0 Å². The molecule has 1 aliphatic heterocycles. The number of aromatic nitrogens is 3. The second kappa shape index (κ2) is 5.40. The van der Waals surface area contributed by atoms with E-state index in [1.807, 2.05) is 19.9 Å². The second-order valence-corrected chi connectivity index (χ2v) is 7.53. The van der Waals surface area contributed by atoms with Gasteiger partial charge in [-0.3, -0.25) is 4.98 Å². The van der Waals surface area contributed by atoms with Crippen molar-refractivity contribution in [3.05, 3.63) is 48.3 Å². The van der Waals surface area contributed by atoms with Gasteiger partial charge in [-0.1, -0.05) is 0 Å². The number of nitrogens with zero attached hydrogens (tertiary/aromatic N) is 4. The molecule has 0 saturated carbocycles. The number of sulfonamides is 1. The molecular formula is C15H18N4O2S. The summed E-state index contributed by atoms with van der Waals surface area (Å²) in [5.74, 6) is 0.553. The maximum absolute atomic E-state index is 12.9. The van der Waals surface area contributed by atoms with Crippen molar-refractivity contribution in [2.75, 3.05) is 6.54 Å². The lowest BCUT2D eigenvalue weighted by molar-refractivity contribution is 0.254. The van der Waals surface area contributed by atoms with Gasteiger partial charge in [0.2, 0.25) is 10.0 Å². The summed E-state index contributed by atoms with van der Waals surface area (Å²) < 4.78 is 27.4. The van der Waals surface area contributed by atoms with Crippen molar-refractivity contribution in [2.45, 2.75) is 37.1 Å². The van der Waals surface area contributed by atoms with Gasteiger partial charge < -0.3 is 0 Å².